The molecule has 0 aliphatic carbocycles. The van der Waals surface area contributed by atoms with Gasteiger partial charge in [0.15, 0.2) is 16.3 Å². The van der Waals surface area contributed by atoms with Crippen LogP contribution in [0, 0.1) is 0 Å². The second-order valence-corrected chi connectivity index (χ2v) is 4.49. The number of imidazole rings is 1. The quantitative estimate of drug-likeness (QED) is 0.762. The number of hydrogen-bond acceptors (Lipinski definition) is 3. The van der Waals surface area contributed by atoms with E-state index in [9.17, 15) is 0 Å². The lowest BCUT2D eigenvalue weighted by molar-refractivity contribution is 0.552. The van der Waals surface area contributed by atoms with Crippen LogP contribution < -0.4 is 5.73 Å². The highest BCUT2D eigenvalue weighted by atomic mass is 79.9. The summed E-state index contributed by atoms with van der Waals surface area (Å²) >= 11 is 3.27. The van der Waals surface area contributed by atoms with Crippen LogP contribution in [0.15, 0.2) is 39.4 Å². The van der Waals surface area contributed by atoms with Gasteiger partial charge >= 0.3 is 0 Å². The van der Waals surface area contributed by atoms with Gasteiger partial charge < -0.3 is 15.1 Å². The molecule has 4 nitrogen and oxygen atoms in total. The Kier molecular flexibility index (Phi) is 2.49. The van der Waals surface area contributed by atoms with Gasteiger partial charge in [0.1, 0.15) is 0 Å². The first-order valence-electron chi connectivity index (χ1n) is 5.21. The Balaban J connectivity index is 2.19. The summed E-state index contributed by atoms with van der Waals surface area (Å²) in [4.78, 5) is 7.74. The molecule has 86 valence electrons. The van der Waals surface area contributed by atoms with Gasteiger partial charge in [-0.25, -0.2) is 4.98 Å². The number of benzene rings is 1. The minimum Gasteiger partial charge on any atom is -0.446 e. The third kappa shape index (κ3) is 1.77. The largest absolute Gasteiger partial charge is 0.446 e. The SMILES string of the molecule is NCc1cccc2[nH]c(-c3ccc(Br)o3)nc12. The number of aromatic amines is 1. The fraction of sp³-hybridized carbons (Fsp3) is 0.0833. The molecule has 0 bridgehead atoms. The zero-order valence-electron chi connectivity index (χ0n) is 8.90. The maximum Gasteiger partial charge on any atom is 0.174 e. The van der Waals surface area contributed by atoms with Crippen LogP contribution in [-0.2, 0) is 6.54 Å². The number of aromatic nitrogens is 2. The monoisotopic (exact) mass is 291 g/mol. The van der Waals surface area contributed by atoms with E-state index in [0.717, 1.165) is 16.6 Å². The predicted molar refractivity (Wildman–Crippen MR) is 69.4 cm³/mol. The van der Waals surface area contributed by atoms with E-state index in [-0.39, 0.29) is 0 Å². The van der Waals surface area contributed by atoms with Crippen LogP contribution in [0.4, 0.5) is 0 Å². The highest BCUT2D eigenvalue weighted by Crippen LogP contribution is 2.26. The highest BCUT2D eigenvalue weighted by molar-refractivity contribution is 9.10. The van der Waals surface area contributed by atoms with Gasteiger partial charge in [-0.2, -0.15) is 0 Å². The lowest BCUT2D eigenvalue weighted by atomic mass is 10.2. The van der Waals surface area contributed by atoms with E-state index in [1.807, 2.05) is 30.3 Å². The second-order valence-electron chi connectivity index (χ2n) is 3.71. The van der Waals surface area contributed by atoms with E-state index in [4.69, 9.17) is 10.2 Å². The molecule has 0 unspecified atom stereocenters. The Morgan fingerprint density at radius 2 is 2.18 bits per heavy atom. The van der Waals surface area contributed by atoms with E-state index in [1.165, 1.54) is 0 Å². The number of furan rings is 1. The molecule has 1 aromatic carbocycles. The lowest BCUT2D eigenvalue weighted by Crippen LogP contribution is -1.96. The van der Waals surface area contributed by atoms with Crippen molar-refractivity contribution in [2.75, 3.05) is 0 Å². The van der Waals surface area contributed by atoms with Gasteiger partial charge in [-0.3, -0.25) is 0 Å². The highest BCUT2D eigenvalue weighted by Gasteiger charge is 2.10. The average molecular weight is 292 g/mol. The van der Waals surface area contributed by atoms with Crippen molar-refractivity contribution in [2.45, 2.75) is 6.54 Å². The molecular formula is C12H10BrN3O. The topological polar surface area (TPSA) is 67.8 Å². The van der Waals surface area contributed by atoms with Crippen molar-refractivity contribution in [3.05, 3.63) is 40.6 Å². The number of halogens is 1. The summed E-state index contributed by atoms with van der Waals surface area (Å²) in [6.07, 6.45) is 0. The van der Waals surface area contributed by atoms with Crippen LogP contribution >= 0.6 is 15.9 Å². The standard InChI is InChI=1S/C12H10BrN3O/c13-10-5-4-9(17-10)12-15-8-3-1-2-7(6-14)11(8)16-12/h1-5H,6,14H2,(H,15,16). The molecular weight excluding hydrogens is 282 g/mol. The Labute approximate surface area is 106 Å². The molecule has 3 rings (SSSR count). The van der Waals surface area contributed by atoms with Gasteiger partial charge in [0.05, 0.1) is 11.0 Å². The minimum atomic E-state index is 0.476. The maximum atomic E-state index is 5.68. The van der Waals surface area contributed by atoms with Gasteiger partial charge in [0.25, 0.3) is 0 Å². The molecule has 0 atom stereocenters. The number of hydrogen-bond donors (Lipinski definition) is 2. The van der Waals surface area contributed by atoms with Crippen LogP contribution in [0.5, 0.6) is 0 Å². The van der Waals surface area contributed by atoms with Crippen molar-refractivity contribution in [3.8, 4) is 11.6 Å². The van der Waals surface area contributed by atoms with Crippen LogP contribution in [0.1, 0.15) is 5.56 Å². The molecule has 2 aromatic heterocycles. The molecule has 0 saturated carbocycles. The van der Waals surface area contributed by atoms with E-state index in [1.54, 1.807) is 0 Å². The molecule has 3 aromatic rings. The van der Waals surface area contributed by atoms with Gasteiger partial charge in [0.2, 0.25) is 0 Å². The Morgan fingerprint density at radius 1 is 1.29 bits per heavy atom. The summed E-state index contributed by atoms with van der Waals surface area (Å²) < 4.78 is 6.15. The molecule has 5 heteroatoms. The molecule has 0 radical (unpaired) electrons. The smallest absolute Gasteiger partial charge is 0.174 e. The van der Waals surface area contributed by atoms with E-state index in [2.05, 4.69) is 25.9 Å². The Bertz CT molecular complexity index is 671. The zero-order chi connectivity index (χ0) is 11.8. The molecule has 0 spiro atoms. The van der Waals surface area contributed by atoms with Crippen molar-refractivity contribution >= 4 is 27.0 Å². The fourth-order valence-corrected chi connectivity index (χ4v) is 2.12. The van der Waals surface area contributed by atoms with Crippen molar-refractivity contribution in [3.63, 3.8) is 0 Å². The average Bonchev–Trinajstić information content (AvgIpc) is 2.93. The molecule has 0 aliphatic heterocycles. The molecule has 0 fully saturated rings. The number of nitrogens with one attached hydrogen (secondary N) is 1. The van der Waals surface area contributed by atoms with Crippen LogP contribution in [0.3, 0.4) is 0 Å². The van der Waals surface area contributed by atoms with Crippen LogP contribution in [-0.4, -0.2) is 9.97 Å². The van der Waals surface area contributed by atoms with Crippen LogP contribution in [0.25, 0.3) is 22.6 Å². The molecule has 2 heterocycles. The molecule has 0 aliphatic rings. The number of para-hydroxylation sites is 1. The molecule has 0 amide bonds. The first-order chi connectivity index (χ1) is 8.28. The summed E-state index contributed by atoms with van der Waals surface area (Å²) in [6, 6.07) is 9.62. The lowest BCUT2D eigenvalue weighted by Gasteiger charge is -1.95. The number of H-pyrrole nitrogens is 1. The summed E-state index contributed by atoms with van der Waals surface area (Å²) in [7, 11) is 0. The van der Waals surface area contributed by atoms with Crippen molar-refractivity contribution in [1.82, 2.24) is 9.97 Å². The molecule has 3 N–H and O–H groups in total. The normalized spacial score (nSPS) is 11.2. The first-order valence-corrected chi connectivity index (χ1v) is 6.00. The number of nitrogens with two attached hydrogens (primary N) is 1. The van der Waals surface area contributed by atoms with Gasteiger partial charge in [-0.15, -0.1) is 0 Å². The van der Waals surface area contributed by atoms with E-state index in [0.29, 0.717) is 22.8 Å². The van der Waals surface area contributed by atoms with Crippen LogP contribution in [0.2, 0.25) is 0 Å². The molecule has 0 saturated heterocycles. The minimum absolute atomic E-state index is 0.476. The zero-order valence-corrected chi connectivity index (χ0v) is 10.5. The van der Waals surface area contributed by atoms with Crippen molar-refractivity contribution < 1.29 is 4.42 Å². The summed E-state index contributed by atoms with van der Waals surface area (Å²) in [5.41, 5.74) is 8.58. The summed E-state index contributed by atoms with van der Waals surface area (Å²) in [5.74, 6) is 1.42. The van der Waals surface area contributed by atoms with Gasteiger partial charge in [-0.05, 0) is 39.7 Å². The van der Waals surface area contributed by atoms with Gasteiger partial charge in [0, 0.05) is 6.54 Å². The van der Waals surface area contributed by atoms with Gasteiger partial charge in [-0.1, -0.05) is 12.1 Å². The molecule has 17 heavy (non-hydrogen) atoms. The Morgan fingerprint density at radius 3 is 2.88 bits per heavy atom. The number of fused-ring (bicyclic) bond motifs is 1. The summed E-state index contributed by atoms with van der Waals surface area (Å²) in [6.45, 7) is 0.476. The number of nitrogens with zero attached hydrogens (tertiary/aromatic N) is 1. The van der Waals surface area contributed by atoms with Crippen molar-refractivity contribution in [2.24, 2.45) is 5.73 Å². The third-order valence-electron chi connectivity index (χ3n) is 2.62. The number of rotatable bonds is 2. The van der Waals surface area contributed by atoms with Crippen molar-refractivity contribution in [1.29, 1.82) is 0 Å². The second kappa shape index (κ2) is 4.01. The maximum absolute atomic E-state index is 5.68. The fourth-order valence-electron chi connectivity index (χ4n) is 1.81. The summed E-state index contributed by atoms with van der Waals surface area (Å²) in [5, 5.41) is 0. The third-order valence-corrected chi connectivity index (χ3v) is 3.05. The first kappa shape index (κ1) is 10.6. The Hall–Kier alpha value is -1.59. The van der Waals surface area contributed by atoms with E-state index >= 15 is 0 Å². The van der Waals surface area contributed by atoms with E-state index < -0.39 is 0 Å². The predicted octanol–water partition coefficient (Wildman–Crippen LogP) is 3.04.